The molecule has 34 heavy (non-hydrogen) atoms. The molecule has 1 aliphatic heterocycles. The Balaban J connectivity index is 1.92. The van der Waals surface area contributed by atoms with Crippen molar-refractivity contribution in [3.05, 3.63) is 65.0 Å². The van der Waals surface area contributed by atoms with Gasteiger partial charge < -0.3 is 14.6 Å². The van der Waals surface area contributed by atoms with Crippen molar-refractivity contribution in [3.63, 3.8) is 0 Å². The Morgan fingerprint density at radius 2 is 1.44 bits per heavy atom. The average molecular weight is 465 g/mol. The van der Waals surface area contributed by atoms with Gasteiger partial charge >= 0.3 is 5.97 Å². The largest absolute Gasteiger partial charge is 0.492 e. The molecule has 0 unspecified atom stereocenters. The second-order valence-corrected chi connectivity index (χ2v) is 7.95. The van der Waals surface area contributed by atoms with E-state index in [4.69, 9.17) is 14.6 Å². The summed E-state index contributed by atoms with van der Waals surface area (Å²) in [5.41, 5.74) is 0.0387. The van der Waals surface area contributed by atoms with Crippen LogP contribution >= 0.6 is 0 Å². The van der Waals surface area contributed by atoms with Crippen LogP contribution < -0.4 is 14.4 Å². The van der Waals surface area contributed by atoms with E-state index >= 15 is 4.39 Å². The van der Waals surface area contributed by atoms with Crippen molar-refractivity contribution in [2.45, 2.75) is 33.1 Å². The van der Waals surface area contributed by atoms with Crippen molar-refractivity contribution < 1.29 is 33.4 Å². The molecule has 1 aliphatic rings. The summed E-state index contributed by atoms with van der Waals surface area (Å²) >= 11 is 0. The molecule has 0 radical (unpaired) electrons. The van der Waals surface area contributed by atoms with E-state index in [0.29, 0.717) is 36.8 Å². The number of fused-ring (bicyclic) bond motifs is 2. The minimum absolute atomic E-state index is 0.0391. The Morgan fingerprint density at radius 3 is 1.88 bits per heavy atom. The number of carboxylic acids is 1. The van der Waals surface area contributed by atoms with E-state index in [-0.39, 0.29) is 40.3 Å². The van der Waals surface area contributed by atoms with Gasteiger partial charge in [-0.1, -0.05) is 44.2 Å². The van der Waals surface area contributed by atoms with E-state index < -0.39 is 23.6 Å². The lowest BCUT2D eigenvalue weighted by molar-refractivity contribution is -0.136. The van der Waals surface area contributed by atoms with Gasteiger partial charge in [-0.3, -0.25) is 14.4 Å². The molecule has 0 saturated carbocycles. The van der Waals surface area contributed by atoms with Gasteiger partial charge in [0.15, 0.2) is 0 Å². The molecule has 1 N–H and O–H groups in total. The van der Waals surface area contributed by atoms with Crippen molar-refractivity contribution in [2.24, 2.45) is 0 Å². The second-order valence-electron chi connectivity index (χ2n) is 7.95. The SMILES string of the molecule is CCCOc1c2c(c(OCCC)c3ccccc13)C(=O)N(c1ccc(CC(=O)O)cc1F)C2=O. The van der Waals surface area contributed by atoms with Crippen LogP contribution in [0.5, 0.6) is 11.5 Å². The molecule has 0 saturated heterocycles. The quantitative estimate of drug-likeness (QED) is 0.448. The molecule has 0 aromatic heterocycles. The van der Waals surface area contributed by atoms with E-state index in [1.807, 2.05) is 13.8 Å². The van der Waals surface area contributed by atoms with Crippen LogP contribution in [0, 0.1) is 5.82 Å². The fourth-order valence-electron chi connectivity index (χ4n) is 4.04. The van der Waals surface area contributed by atoms with E-state index in [1.165, 1.54) is 12.1 Å². The molecule has 0 fully saturated rings. The third kappa shape index (κ3) is 3.96. The number of anilines is 1. The number of halogens is 1. The standard InChI is InChI=1S/C26H24FNO6/c1-3-11-33-23-16-7-5-6-8-17(16)24(34-12-4-2)22-21(23)25(31)28(26(22)32)19-10-9-15(13-18(19)27)14-20(29)30/h5-10,13H,3-4,11-12,14H2,1-2H3,(H,29,30). The maximum atomic E-state index is 15.0. The van der Waals surface area contributed by atoms with Crippen LogP contribution in [0.2, 0.25) is 0 Å². The zero-order valence-electron chi connectivity index (χ0n) is 18.9. The van der Waals surface area contributed by atoms with Crippen molar-refractivity contribution in [1.29, 1.82) is 0 Å². The van der Waals surface area contributed by atoms with Crippen molar-refractivity contribution in [3.8, 4) is 11.5 Å². The molecule has 0 aliphatic carbocycles. The number of carboxylic acid groups (broad SMARTS) is 1. The highest BCUT2D eigenvalue weighted by molar-refractivity contribution is 6.38. The summed E-state index contributed by atoms with van der Waals surface area (Å²) in [5.74, 6) is -2.90. The van der Waals surface area contributed by atoms with Crippen LogP contribution in [0.4, 0.5) is 10.1 Å². The summed E-state index contributed by atoms with van der Waals surface area (Å²) < 4.78 is 26.9. The number of aliphatic carboxylic acids is 1. The summed E-state index contributed by atoms with van der Waals surface area (Å²) in [4.78, 5) is 38.9. The summed E-state index contributed by atoms with van der Waals surface area (Å²) in [6, 6.07) is 10.8. The minimum atomic E-state index is -1.12. The molecule has 7 nitrogen and oxygen atoms in total. The fourth-order valence-corrected chi connectivity index (χ4v) is 4.04. The molecular formula is C26H24FNO6. The monoisotopic (exact) mass is 465 g/mol. The number of nitrogens with zero attached hydrogens (tertiary/aromatic N) is 1. The maximum Gasteiger partial charge on any atom is 0.307 e. The molecule has 3 aromatic rings. The lowest BCUT2D eigenvalue weighted by Gasteiger charge is -2.16. The Bertz CT molecular complexity index is 1240. The van der Waals surface area contributed by atoms with Crippen LogP contribution in [0.1, 0.15) is 53.0 Å². The van der Waals surface area contributed by atoms with Crippen LogP contribution in [-0.4, -0.2) is 36.1 Å². The Hall–Kier alpha value is -3.94. The van der Waals surface area contributed by atoms with Crippen LogP contribution in [0.25, 0.3) is 10.8 Å². The number of hydrogen-bond donors (Lipinski definition) is 1. The number of imide groups is 1. The summed E-state index contributed by atoms with van der Waals surface area (Å²) in [6.07, 6.45) is 0.986. The van der Waals surface area contributed by atoms with Gasteiger partial charge in [0.2, 0.25) is 0 Å². The molecule has 1 heterocycles. The fraction of sp³-hybridized carbons (Fsp3) is 0.269. The Morgan fingerprint density at radius 1 is 0.912 bits per heavy atom. The van der Waals surface area contributed by atoms with E-state index in [0.717, 1.165) is 11.0 Å². The number of ether oxygens (including phenoxy) is 2. The van der Waals surface area contributed by atoms with Gasteiger partial charge in [0.1, 0.15) is 17.3 Å². The second kappa shape index (κ2) is 9.51. The summed E-state index contributed by atoms with van der Waals surface area (Å²) in [5, 5.41) is 10.2. The molecule has 0 bridgehead atoms. The third-order valence-corrected chi connectivity index (χ3v) is 5.46. The van der Waals surface area contributed by atoms with Gasteiger partial charge in [0.25, 0.3) is 11.8 Å². The van der Waals surface area contributed by atoms with Gasteiger partial charge in [-0.25, -0.2) is 9.29 Å². The van der Waals surface area contributed by atoms with E-state index in [9.17, 15) is 14.4 Å². The number of amides is 2. The lowest BCUT2D eigenvalue weighted by atomic mass is 9.99. The molecule has 0 spiro atoms. The number of rotatable bonds is 9. The molecule has 3 aromatic carbocycles. The lowest BCUT2D eigenvalue weighted by Crippen LogP contribution is -2.30. The van der Waals surface area contributed by atoms with Gasteiger partial charge in [-0.15, -0.1) is 0 Å². The normalized spacial score (nSPS) is 12.9. The van der Waals surface area contributed by atoms with Gasteiger partial charge in [0, 0.05) is 10.8 Å². The Kier molecular flexibility index (Phi) is 6.49. The van der Waals surface area contributed by atoms with Gasteiger partial charge in [-0.2, -0.15) is 0 Å². The molecule has 4 rings (SSSR count). The number of carbonyl (C=O) groups is 3. The zero-order valence-corrected chi connectivity index (χ0v) is 18.9. The maximum absolute atomic E-state index is 15.0. The molecule has 8 heteroatoms. The number of carbonyl (C=O) groups excluding carboxylic acids is 2. The summed E-state index contributed by atoms with van der Waals surface area (Å²) in [7, 11) is 0. The minimum Gasteiger partial charge on any atom is -0.492 e. The van der Waals surface area contributed by atoms with Crippen molar-refractivity contribution in [2.75, 3.05) is 18.1 Å². The van der Waals surface area contributed by atoms with Crippen LogP contribution in [-0.2, 0) is 11.2 Å². The smallest absolute Gasteiger partial charge is 0.307 e. The van der Waals surface area contributed by atoms with Gasteiger partial charge in [-0.05, 0) is 30.5 Å². The predicted molar refractivity (Wildman–Crippen MR) is 124 cm³/mol. The average Bonchev–Trinajstić information content (AvgIpc) is 3.06. The third-order valence-electron chi connectivity index (χ3n) is 5.46. The molecular weight excluding hydrogens is 441 g/mol. The number of benzene rings is 3. The van der Waals surface area contributed by atoms with E-state index in [2.05, 4.69) is 0 Å². The highest BCUT2D eigenvalue weighted by Crippen LogP contribution is 2.46. The highest BCUT2D eigenvalue weighted by atomic mass is 19.1. The van der Waals surface area contributed by atoms with Crippen LogP contribution in [0.3, 0.4) is 0 Å². The molecule has 176 valence electrons. The first kappa shape index (κ1) is 23.2. The predicted octanol–water partition coefficient (Wildman–Crippen LogP) is 4.98. The topological polar surface area (TPSA) is 93.1 Å². The molecule has 2 amide bonds. The highest BCUT2D eigenvalue weighted by Gasteiger charge is 2.44. The molecule has 0 atom stereocenters. The van der Waals surface area contributed by atoms with Crippen molar-refractivity contribution in [1.82, 2.24) is 0 Å². The first-order valence-electron chi connectivity index (χ1n) is 11.1. The number of hydrogen-bond acceptors (Lipinski definition) is 5. The summed E-state index contributed by atoms with van der Waals surface area (Å²) in [6.45, 7) is 4.50. The van der Waals surface area contributed by atoms with Crippen molar-refractivity contribution >= 4 is 34.2 Å². The van der Waals surface area contributed by atoms with Gasteiger partial charge in [0.05, 0.1) is 36.4 Å². The van der Waals surface area contributed by atoms with Crippen LogP contribution in [0.15, 0.2) is 42.5 Å². The van der Waals surface area contributed by atoms with E-state index in [1.54, 1.807) is 24.3 Å². The zero-order chi connectivity index (χ0) is 24.4. The Labute approximate surface area is 195 Å². The first-order valence-corrected chi connectivity index (χ1v) is 11.1. The first-order chi connectivity index (χ1) is 16.4.